The van der Waals surface area contributed by atoms with E-state index < -0.39 is 25.0 Å². The maximum Gasteiger partial charge on any atom is 0.250 e. The zero-order valence-corrected chi connectivity index (χ0v) is 33.3. The van der Waals surface area contributed by atoms with Crippen LogP contribution in [0.5, 0.6) is 28.7 Å². The van der Waals surface area contributed by atoms with E-state index in [2.05, 4.69) is 126 Å². The molecule has 0 saturated heterocycles. The average molecular weight is 645 g/mol. The summed E-state index contributed by atoms with van der Waals surface area (Å²) in [6.07, 6.45) is 5.05. The predicted octanol–water partition coefficient (Wildman–Crippen LogP) is 11.1. The summed E-state index contributed by atoms with van der Waals surface area (Å²) in [4.78, 5) is 0. The molecule has 0 atom stereocenters. The molecule has 0 aliphatic heterocycles. The van der Waals surface area contributed by atoms with E-state index in [9.17, 15) is 0 Å². The minimum atomic E-state index is -2.23. The molecular weight excluding hydrogens is 585 g/mol. The summed E-state index contributed by atoms with van der Waals surface area (Å²) in [6, 6.07) is 10.3. The lowest BCUT2D eigenvalue weighted by atomic mass is 10.1. The lowest BCUT2D eigenvalue weighted by Crippen LogP contribution is -2.47. The number of benzene rings is 2. The second kappa shape index (κ2) is 13.1. The molecule has 0 heterocycles. The zero-order valence-electron chi connectivity index (χ0n) is 30.3. The zero-order chi connectivity index (χ0) is 33.2. The fraction of sp³-hybridized carbons (Fsp3) is 0.600. The van der Waals surface area contributed by atoms with Crippen molar-refractivity contribution in [2.45, 2.75) is 123 Å². The second-order valence-corrected chi connectivity index (χ2v) is 30.4. The average Bonchev–Trinajstić information content (AvgIpc) is 2.83. The first-order chi connectivity index (χ1) is 19.3. The third-order valence-corrected chi connectivity index (χ3v) is 22.6. The van der Waals surface area contributed by atoms with Crippen LogP contribution in [-0.2, 0) is 6.42 Å². The summed E-state index contributed by atoms with van der Waals surface area (Å²) < 4.78 is 32.2. The van der Waals surface area contributed by atoms with Gasteiger partial charge in [-0.3, -0.25) is 0 Å². The van der Waals surface area contributed by atoms with E-state index in [0.717, 1.165) is 46.3 Å². The Morgan fingerprint density at radius 3 is 1.28 bits per heavy atom. The number of rotatable bonds is 11. The molecule has 2 aromatic carbocycles. The van der Waals surface area contributed by atoms with Crippen LogP contribution in [0.3, 0.4) is 0 Å². The molecule has 0 N–H and O–H groups in total. The lowest BCUT2D eigenvalue weighted by molar-refractivity contribution is 0.393. The van der Waals surface area contributed by atoms with Gasteiger partial charge < -0.3 is 22.8 Å². The van der Waals surface area contributed by atoms with E-state index in [1.807, 2.05) is 18.2 Å². The second-order valence-electron chi connectivity index (χ2n) is 16.3. The van der Waals surface area contributed by atoms with Gasteiger partial charge in [0.2, 0.25) is 0 Å². The molecule has 242 valence electrons. The van der Waals surface area contributed by atoms with Crippen LogP contribution in [-0.4, -0.2) is 39.2 Å². The molecule has 0 aliphatic rings. The summed E-state index contributed by atoms with van der Waals surface area (Å²) in [7, 11) is -3.28. The Morgan fingerprint density at radius 2 is 0.930 bits per heavy atom. The van der Waals surface area contributed by atoms with Crippen LogP contribution in [0.4, 0.5) is 0 Å². The van der Waals surface area contributed by atoms with Gasteiger partial charge in [0.05, 0.1) is 14.2 Å². The highest BCUT2D eigenvalue weighted by molar-refractivity contribution is 6.76. The Hall–Kier alpha value is -2.17. The van der Waals surface area contributed by atoms with Crippen LogP contribution in [0, 0.1) is 0 Å². The Morgan fingerprint density at radius 1 is 0.558 bits per heavy atom. The van der Waals surface area contributed by atoms with Gasteiger partial charge in [0.15, 0.2) is 5.75 Å². The quantitative estimate of drug-likeness (QED) is 0.228. The molecule has 8 heteroatoms. The summed E-state index contributed by atoms with van der Waals surface area (Å²) in [5.41, 5.74) is 2.14. The molecule has 0 spiro atoms. The topological polar surface area (TPSA) is 46.2 Å². The summed E-state index contributed by atoms with van der Waals surface area (Å²) in [5, 5.41) is 0.0732. The van der Waals surface area contributed by atoms with Gasteiger partial charge in [-0.25, -0.2) is 0 Å². The summed E-state index contributed by atoms with van der Waals surface area (Å²) in [5.74, 6) is 3.90. The summed E-state index contributed by atoms with van der Waals surface area (Å²) in [6.45, 7) is 34.2. The fourth-order valence-electron chi connectivity index (χ4n) is 3.52. The van der Waals surface area contributed by atoms with Gasteiger partial charge in [-0.1, -0.05) is 74.5 Å². The van der Waals surface area contributed by atoms with E-state index in [-0.39, 0.29) is 15.1 Å². The van der Waals surface area contributed by atoms with Crippen molar-refractivity contribution < 1.29 is 22.8 Å². The Labute approximate surface area is 266 Å². The highest BCUT2D eigenvalue weighted by Crippen LogP contribution is 2.50. The number of hydrogen-bond donors (Lipinski definition) is 0. The smallest absolute Gasteiger partial charge is 0.250 e. The predicted molar refractivity (Wildman–Crippen MR) is 192 cm³/mol. The van der Waals surface area contributed by atoms with Crippen molar-refractivity contribution in [3.63, 3.8) is 0 Å². The molecule has 0 aliphatic carbocycles. The minimum Gasteiger partial charge on any atom is -0.541 e. The van der Waals surface area contributed by atoms with Crippen LogP contribution < -0.4 is 22.8 Å². The van der Waals surface area contributed by atoms with Crippen LogP contribution in [0.25, 0.3) is 6.08 Å². The van der Waals surface area contributed by atoms with Gasteiger partial charge in [-0.05, 0) is 96.2 Å². The number of hydrogen-bond acceptors (Lipinski definition) is 5. The first-order valence-corrected chi connectivity index (χ1v) is 24.2. The lowest BCUT2D eigenvalue weighted by Gasteiger charge is -2.42. The maximum atomic E-state index is 7.11. The largest absolute Gasteiger partial charge is 0.541 e. The first-order valence-electron chi connectivity index (χ1n) is 15.5. The third kappa shape index (κ3) is 9.41. The Balaban J connectivity index is 2.76. The highest BCUT2D eigenvalue weighted by atomic mass is 28.4. The van der Waals surface area contributed by atoms with Crippen LogP contribution in [0.1, 0.15) is 73.4 Å². The van der Waals surface area contributed by atoms with E-state index in [1.165, 1.54) is 0 Å². The minimum absolute atomic E-state index is 0.0197. The normalized spacial score (nSPS) is 13.7. The molecule has 43 heavy (non-hydrogen) atoms. The monoisotopic (exact) mass is 644 g/mol. The van der Waals surface area contributed by atoms with Crippen molar-refractivity contribution in [1.29, 1.82) is 0 Å². The molecule has 5 nitrogen and oxygen atoms in total. The molecule has 0 bridgehead atoms. The van der Waals surface area contributed by atoms with E-state index in [1.54, 1.807) is 14.2 Å². The van der Waals surface area contributed by atoms with Crippen molar-refractivity contribution in [3.05, 3.63) is 47.5 Å². The fourth-order valence-corrected chi connectivity index (χ4v) is 6.56. The molecule has 0 saturated carbocycles. The first kappa shape index (κ1) is 37.0. The number of methoxy groups -OCH3 is 2. The maximum absolute atomic E-state index is 7.11. The van der Waals surface area contributed by atoms with Crippen molar-refractivity contribution in [2.75, 3.05) is 14.2 Å². The van der Waals surface area contributed by atoms with Gasteiger partial charge in [0.25, 0.3) is 25.0 Å². The molecule has 0 aromatic heterocycles. The van der Waals surface area contributed by atoms with Crippen molar-refractivity contribution in [1.82, 2.24) is 0 Å². The molecular formula is C35H60O5Si3. The number of allylic oxidation sites excluding steroid dienone is 1. The van der Waals surface area contributed by atoms with Crippen molar-refractivity contribution in [3.8, 4) is 28.7 Å². The molecule has 2 aromatic rings. The Kier molecular flexibility index (Phi) is 11.2. The van der Waals surface area contributed by atoms with Gasteiger partial charge in [-0.2, -0.15) is 0 Å². The molecule has 2 rings (SSSR count). The SMILES string of the molecule is COc1cc(C/C=C/c2cc(O[Si](C)(C)C(C)(C)C)c(O[Si](C)(C)C(C)(C)C)c(O[Si](C)(C)C(C)(C)C)c2)cc(OC)c1. The number of ether oxygens (including phenoxy) is 2. The van der Waals surface area contributed by atoms with E-state index in [0.29, 0.717) is 0 Å². The summed E-state index contributed by atoms with van der Waals surface area (Å²) >= 11 is 0. The van der Waals surface area contributed by atoms with Crippen molar-refractivity contribution in [2.24, 2.45) is 0 Å². The standard InChI is InChI=1S/C35H60O5Si3/c1-33(2,3)41(12,13)38-30-23-27(20-18-19-26-21-28(36-10)25-29(22-26)37-11)24-31(39-42(14,15)34(4,5)6)32(30)40-43(16,17)35(7,8)9/h18,20-25H,19H2,1-17H3/b20-18+. The molecule has 0 fully saturated rings. The van der Waals surface area contributed by atoms with E-state index >= 15 is 0 Å². The molecule has 0 amide bonds. The van der Waals surface area contributed by atoms with Gasteiger partial charge >= 0.3 is 0 Å². The van der Waals surface area contributed by atoms with Crippen LogP contribution in [0.2, 0.25) is 54.4 Å². The van der Waals surface area contributed by atoms with Crippen LogP contribution in [0.15, 0.2) is 36.4 Å². The Bertz CT molecular complexity index is 1200. The molecule has 0 unspecified atom stereocenters. The van der Waals surface area contributed by atoms with Crippen molar-refractivity contribution >= 4 is 31.0 Å². The van der Waals surface area contributed by atoms with Gasteiger partial charge in [-0.15, -0.1) is 0 Å². The van der Waals surface area contributed by atoms with Crippen LogP contribution >= 0.6 is 0 Å². The molecule has 0 radical (unpaired) electrons. The highest BCUT2D eigenvalue weighted by Gasteiger charge is 2.45. The third-order valence-electron chi connectivity index (χ3n) is 9.62. The van der Waals surface area contributed by atoms with Gasteiger partial charge in [0, 0.05) is 6.07 Å². The van der Waals surface area contributed by atoms with Gasteiger partial charge in [0.1, 0.15) is 23.0 Å². The van der Waals surface area contributed by atoms with E-state index in [4.69, 9.17) is 22.8 Å².